The molecule has 1 N–H and O–H groups in total. The molecular formula is C14H11Cl4N3O2. The highest BCUT2D eigenvalue weighted by molar-refractivity contribution is 6.41. The van der Waals surface area contributed by atoms with Gasteiger partial charge in [-0.25, -0.2) is 4.68 Å². The van der Waals surface area contributed by atoms with Crippen LogP contribution in [0.2, 0.25) is 20.1 Å². The van der Waals surface area contributed by atoms with Crippen molar-refractivity contribution in [3.63, 3.8) is 0 Å². The highest BCUT2D eigenvalue weighted by atomic mass is 35.5. The smallest absolute Gasteiger partial charge is 0.287 e. The number of halogens is 4. The Hall–Kier alpha value is -1.27. The average Bonchev–Trinajstić information content (AvgIpc) is 2.51. The molecule has 1 amide bonds. The van der Waals surface area contributed by atoms with Crippen LogP contribution in [-0.2, 0) is 17.8 Å². The van der Waals surface area contributed by atoms with E-state index in [-0.39, 0.29) is 22.5 Å². The van der Waals surface area contributed by atoms with Crippen molar-refractivity contribution < 1.29 is 4.79 Å². The zero-order chi connectivity index (χ0) is 17.0. The van der Waals surface area contributed by atoms with Gasteiger partial charge in [0.05, 0.1) is 11.2 Å². The normalized spacial score (nSPS) is 10.6. The lowest BCUT2D eigenvalue weighted by Crippen LogP contribution is -2.34. The number of hydrogen-bond donors (Lipinski definition) is 1. The molecule has 0 aliphatic rings. The van der Waals surface area contributed by atoms with Crippen LogP contribution in [0.1, 0.15) is 5.56 Å². The van der Waals surface area contributed by atoms with Crippen LogP contribution in [0, 0.1) is 0 Å². The lowest BCUT2D eigenvalue weighted by Gasteiger charge is -2.09. The molecule has 0 radical (unpaired) electrons. The van der Waals surface area contributed by atoms with E-state index in [0.717, 1.165) is 10.2 Å². The van der Waals surface area contributed by atoms with Gasteiger partial charge in [-0.3, -0.25) is 9.59 Å². The van der Waals surface area contributed by atoms with Gasteiger partial charge in [0, 0.05) is 16.6 Å². The van der Waals surface area contributed by atoms with Crippen LogP contribution in [-0.4, -0.2) is 22.2 Å². The van der Waals surface area contributed by atoms with E-state index < -0.39 is 5.56 Å². The number of amides is 1. The van der Waals surface area contributed by atoms with Crippen LogP contribution in [0.15, 0.2) is 29.2 Å². The number of carbonyl (C=O) groups is 1. The van der Waals surface area contributed by atoms with Crippen LogP contribution in [0.4, 0.5) is 0 Å². The molecule has 0 spiro atoms. The minimum atomic E-state index is -0.622. The van der Waals surface area contributed by atoms with Crippen LogP contribution in [0.5, 0.6) is 0 Å². The van der Waals surface area contributed by atoms with E-state index in [0.29, 0.717) is 23.0 Å². The van der Waals surface area contributed by atoms with Gasteiger partial charge in [0.2, 0.25) is 5.91 Å². The Kier molecular flexibility index (Phi) is 6.30. The van der Waals surface area contributed by atoms with Gasteiger partial charge in [-0.05, 0) is 24.1 Å². The molecule has 0 atom stereocenters. The Morgan fingerprint density at radius 3 is 2.43 bits per heavy atom. The number of rotatable bonds is 5. The molecular weight excluding hydrogens is 384 g/mol. The summed E-state index contributed by atoms with van der Waals surface area (Å²) in [5.41, 5.74) is 0.129. The Labute approximate surface area is 152 Å². The molecule has 23 heavy (non-hydrogen) atoms. The topological polar surface area (TPSA) is 64.0 Å². The quantitative estimate of drug-likeness (QED) is 0.846. The summed E-state index contributed by atoms with van der Waals surface area (Å²) in [7, 11) is 0. The molecule has 1 aromatic heterocycles. The maximum atomic E-state index is 11.9. The molecule has 2 aromatic rings. The minimum absolute atomic E-state index is 0.0432. The van der Waals surface area contributed by atoms with Gasteiger partial charge < -0.3 is 5.32 Å². The van der Waals surface area contributed by atoms with Crippen molar-refractivity contribution in [2.75, 3.05) is 6.54 Å². The summed E-state index contributed by atoms with van der Waals surface area (Å²) in [6.45, 7) is 0.0599. The summed E-state index contributed by atoms with van der Waals surface area (Å²) in [6, 6.07) is 5.20. The number of aromatic nitrogens is 2. The van der Waals surface area contributed by atoms with E-state index >= 15 is 0 Å². The molecule has 0 bridgehead atoms. The van der Waals surface area contributed by atoms with Crippen molar-refractivity contribution in [3.8, 4) is 0 Å². The van der Waals surface area contributed by atoms with Crippen molar-refractivity contribution in [2.24, 2.45) is 0 Å². The molecule has 0 aliphatic heterocycles. The molecule has 0 aliphatic carbocycles. The van der Waals surface area contributed by atoms with Gasteiger partial charge in [0.25, 0.3) is 5.56 Å². The third-order valence-electron chi connectivity index (χ3n) is 2.99. The summed E-state index contributed by atoms with van der Waals surface area (Å²) in [5.74, 6) is -0.388. The standard InChI is InChI=1S/C14H11Cl4N3O2/c15-9-2-1-3-10(16)8(9)4-5-19-12(22)7-21-14(23)13(18)11(17)6-20-21/h1-3,6H,4-5,7H2,(H,19,22). The Balaban J connectivity index is 1.94. The molecule has 122 valence electrons. The van der Waals surface area contributed by atoms with E-state index in [1.807, 2.05) is 0 Å². The molecule has 1 heterocycles. The Morgan fingerprint density at radius 1 is 1.13 bits per heavy atom. The fourth-order valence-electron chi connectivity index (χ4n) is 1.85. The van der Waals surface area contributed by atoms with E-state index in [1.165, 1.54) is 6.20 Å². The Morgan fingerprint density at radius 2 is 1.78 bits per heavy atom. The number of hydrogen-bond acceptors (Lipinski definition) is 3. The molecule has 5 nitrogen and oxygen atoms in total. The summed E-state index contributed by atoms with van der Waals surface area (Å²) < 4.78 is 0.937. The molecule has 0 saturated heterocycles. The fraction of sp³-hybridized carbons (Fsp3) is 0.214. The summed E-state index contributed by atoms with van der Waals surface area (Å²) in [4.78, 5) is 23.6. The van der Waals surface area contributed by atoms with Crippen molar-refractivity contribution in [1.29, 1.82) is 0 Å². The summed E-state index contributed by atoms with van der Waals surface area (Å²) in [6.07, 6.45) is 1.68. The van der Waals surface area contributed by atoms with Crippen LogP contribution in [0.3, 0.4) is 0 Å². The van der Waals surface area contributed by atoms with Gasteiger partial charge in [-0.15, -0.1) is 0 Å². The largest absolute Gasteiger partial charge is 0.354 e. The first kappa shape index (κ1) is 18.1. The van der Waals surface area contributed by atoms with Crippen molar-refractivity contribution in [3.05, 3.63) is 60.4 Å². The van der Waals surface area contributed by atoms with Gasteiger partial charge >= 0.3 is 0 Å². The molecule has 0 saturated carbocycles. The van der Waals surface area contributed by atoms with E-state index in [9.17, 15) is 9.59 Å². The minimum Gasteiger partial charge on any atom is -0.354 e. The first-order valence-corrected chi connectivity index (χ1v) is 8.02. The van der Waals surface area contributed by atoms with E-state index in [4.69, 9.17) is 46.4 Å². The molecule has 0 unspecified atom stereocenters. The lowest BCUT2D eigenvalue weighted by atomic mass is 10.1. The highest BCUT2D eigenvalue weighted by Crippen LogP contribution is 2.24. The van der Waals surface area contributed by atoms with E-state index in [1.54, 1.807) is 18.2 Å². The number of benzene rings is 1. The summed E-state index contributed by atoms with van der Waals surface area (Å²) in [5, 5.41) is 7.37. The Bertz CT molecular complexity index is 772. The number of nitrogens with one attached hydrogen (secondary N) is 1. The van der Waals surface area contributed by atoms with Gasteiger partial charge in [0.1, 0.15) is 11.6 Å². The number of nitrogens with zero attached hydrogens (tertiary/aromatic N) is 2. The predicted octanol–water partition coefficient (Wildman–Crippen LogP) is 3.22. The zero-order valence-electron chi connectivity index (χ0n) is 11.7. The molecule has 1 aromatic carbocycles. The SMILES string of the molecule is O=C(Cn1ncc(Cl)c(Cl)c1=O)NCCc1c(Cl)cccc1Cl. The molecule has 2 rings (SSSR count). The third kappa shape index (κ3) is 4.61. The second-order valence-corrected chi connectivity index (χ2v) is 6.17. The monoisotopic (exact) mass is 393 g/mol. The third-order valence-corrected chi connectivity index (χ3v) is 4.45. The summed E-state index contributed by atoms with van der Waals surface area (Å²) >= 11 is 23.5. The van der Waals surface area contributed by atoms with Gasteiger partial charge in [0.15, 0.2) is 0 Å². The van der Waals surface area contributed by atoms with Crippen LogP contribution in [0.25, 0.3) is 0 Å². The molecule has 0 fully saturated rings. The highest BCUT2D eigenvalue weighted by Gasteiger charge is 2.11. The molecule has 9 heteroatoms. The van der Waals surface area contributed by atoms with Crippen molar-refractivity contribution in [2.45, 2.75) is 13.0 Å². The van der Waals surface area contributed by atoms with Crippen LogP contribution < -0.4 is 10.9 Å². The average molecular weight is 395 g/mol. The van der Waals surface area contributed by atoms with Crippen molar-refractivity contribution >= 4 is 52.3 Å². The first-order chi connectivity index (χ1) is 10.9. The number of carbonyl (C=O) groups excluding carboxylic acids is 1. The first-order valence-electron chi connectivity index (χ1n) is 6.51. The second kappa shape index (κ2) is 8.02. The van der Waals surface area contributed by atoms with Crippen LogP contribution >= 0.6 is 46.4 Å². The second-order valence-electron chi connectivity index (χ2n) is 4.57. The predicted molar refractivity (Wildman–Crippen MR) is 91.7 cm³/mol. The van der Waals surface area contributed by atoms with E-state index in [2.05, 4.69) is 10.4 Å². The van der Waals surface area contributed by atoms with Gasteiger partial charge in [-0.1, -0.05) is 52.5 Å². The zero-order valence-corrected chi connectivity index (χ0v) is 14.7. The maximum Gasteiger partial charge on any atom is 0.287 e. The lowest BCUT2D eigenvalue weighted by molar-refractivity contribution is -0.121. The van der Waals surface area contributed by atoms with Gasteiger partial charge in [-0.2, -0.15) is 5.10 Å². The fourth-order valence-corrected chi connectivity index (χ4v) is 2.70. The van der Waals surface area contributed by atoms with Crippen molar-refractivity contribution in [1.82, 2.24) is 15.1 Å². The maximum absolute atomic E-state index is 11.9.